The number of nitrogens with zero attached hydrogens (tertiary/aromatic N) is 1. The van der Waals surface area contributed by atoms with Crippen LogP contribution in [-0.2, 0) is 11.3 Å². The van der Waals surface area contributed by atoms with Gasteiger partial charge in [0.25, 0.3) is 0 Å². The Bertz CT molecular complexity index is 688. The predicted molar refractivity (Wildman–Crippen MR) is 92.2 cm³/mol. The standard InChI is InChI=1S/C18H18F2N2O.ClH/c19-15-5-7-16(8-6-15)22(18(23)13-9-10-21-11-13)12-14-3-1-2-4-17(14)20;/h1-8,13,21H,9-12H2;1H. The highest BCUT2D eigenvalue weighted by Gasteiger charge is 2.28. The first-order chi connectivity index (χ1) is 11.1. The Morgan fingerprint density at radius 3 is 2.46 bits per heavy atom. The van der Waals surface area contributed by atoms with Gasteiger partial charge in [-0.1, -0.05) is 18.2 Å². The van der Waals surface area contributed by atoms with Gasteiger partial charge in [-0.2, -0.15) is 0 Å². The molecule has 24 heavy (non-hydrogen) atoms. The zero-order valence-corrected chi connectivity index (χ0v) is 13.9. The molecule has 0 spiro atoms. The second-order valence-corrected chi connectivity index (χ2v) is 5.68. The fraction of sp³-hybridized carbons (Fsp3) is 0.278. The van der Waals surface area contributed by atoms with Crippen molar-refractivity contribution in [2.45, 2.75) is 13.0 Å². The van der Waals surface area contributed by atoms with Crippen LogP contribution in [0.3, 0.4) is 0 Å². The third-order valence-electron chi connectivity index (χ3n) is 4.10. The Morgan fingerprint density at radius 1 is 1.12 bits per heavy atom. The molecule has 1 amide bonds. The van der Waals surface area contributed by atoms with Crippen molar-refractivity contribution in [3.8, 4) is 0 Å². The molecule has 0 saturated carbocycles. The van der Waals surface area contributed by atoms with Crippen LogP contribution in [0.15, 0.2) is 48.5 Å². The summed E-state index contributed by atoms with van der Waals surface area (Å²) < 4.78 is 27.1. The van der Waals surface area contributed by atoms with E-state index >= 15 is 0 Å². The minimum absolute atomic E-state index is 0. The molecule has 1 aliphatic rings. The first-order valence-corrected chi connectivity index (χ1v) is 7.66. The highest BCUT2D eigenvalue weighted by atomic mass is 35.5. The van der Waals surface area contributed by atoms with Crippen molar-refractivity contribution in [1.29, 1.82) is 0 Å². The van der Waals surface area contributed by atoms with E-state index < -0.39 is 0 Å². The highest BCUT2D eigenvalue weighted by molar-refractivity contribution is 5.95. The summed E-state index contributed by atoms with van der Waals surface area (Å²) in [6.45, 7) is 1.55. The van der Waals surface area contributed by atoms with E-state index in [1.807, 2.05) is 0 Å². The van der Waals surface area contributed by atoms with Gasteiger partial charge in [-0.15, -0.1) is 12.4 Å². The average Bonchev–Trinajstić information content (AvgIpc) is 3.09. The molecule has 3 rings (SSSR count). The summed E-state index contributed by atoms with van der Waals surface area (Å²) in [5.41, 5.74) is 1.02. The van der Waals surface area contributed by atoms with Crippen LogP contribution in [0, 0.1) is 17.6 Å². The number of carbonyl (C=O) groups excluding carboxylic acids is 1. The van der Waals surface area contributed by atoms with Crippen LogP contribution < -0.4 is 10.2 Å². The van der Waals surface area contributed by atoms with E-state index in [0.717, 1.165) is 13.0 Å². The fourth-order valence-corrected chi connectivity index (χ4v) is 2.80. The summed E-state index contributed by atoms with van der Waals surface area (Å²) in [6, 6.07) is 12.1. The number of halogens is 3. The van der Waals surface area contributed by atoms with Crippen molar-refractivity contribution >= 4 is 24.0 Å². The van der Waals surface area contributed by atoms with E-state index in [0.29, 0.717) is 17.8 Å². The summed E-state index contributed by atoms with van der Waals surface area (Å²) in [6.07, 6.45) is 0.758. The summed E-state index contributed by atoms with van der Waals surface area (Å²) in [5, 5.41) is 3.16. The van der Waals surface area contributed by atoms with Gasteiger partial charge < -0.3 is 10.2 Å². The van der Waals surface area contributed by atoms with E-state index in [1.165, 1.54) is 23.1 Å². The third-order valence-corrected chi connectivity index (χ3v) is 4.10. The molecule has 2 aromatic carbocycles. The van der Waals surface area contributed by atoms with Crippen molar-refractivity contribution in [1.82, 2.24) is 5.32 Å². The van der Waals surface area contributed by atoms with E-state index in [-0.39, 0.29) is 42.4 Å². The van der Waals surface area contributed by atoms with Crippen LogP contribution in [0.5, 0.6) is 0 Å². The first kappa shape index (κ1) is 18.4. The molecule has 0 bridgehead atoms. The first-order valence-electron chi connectivity index (χ1n) is 7.66. The van der Waals surface area contributed by atoms with Gasteiger partial charge in [-0.25, -0.2) is 8.78 Å². The molecule has 0 radical (unpaired) electrons. The molecule has 0 aromatic heterocycles. The average molecular weight is 353 g/mol. The number of hydrogen-bond acceptors (Lipinski definition) is 2. The Balaban J connectivity index is 0.00000208. The van der Waals surface area contributed by atoms with E-state index in [9.17, 15) is 13.6 Å². The number of carbonyl (C=O) groups is 1. The van der Waals surface area contributed by atoms with E-state index in [2.05, 4.69) is 5.32 Å². The summed E-state index contributed by atoms with van der Waals surface area (Å²) in [7, 11) is 0. The van der Waals surface area contributed by atoms with Crippen molar-refractivity contribution in [3.63, 3.8) is 0 Å². The Hall–Kier alpha value is -1.98. The Labute approximate surface area is 146 Å². The maximum Gasteiger partial charge on any atom is 0.231 e. The summed E-state index contributed by atoms with van der Waals surface area (Å²) >= 11 is 0. The number of hydrogen-bond donors (Lipinski definition) is 1. The van der Waals surface area contributed by atoms with Gasteiger partial charge in [-0.05, 0) is 43.3 Å². The topological polar surface area (TPSA) is 32.3 Å². The number of amides is 1. The molecule has 1 atom stereocenters. The zero-order valence-electron chi connectivity index (χ0n) is 13.0. The lowest BCUT2D eigenvalue weighted by Gasteiger charge is -2.26. The third kappa shape index (κ3) is 4.10. The van der Waals surface area contributed by atoms with Gasteiger partial charge in [-0.3, -0.25) is 4.79 Å². The largest absolute Gasteiger partial charge is 0.316 e. The second kappa shape index (κ2) is 8.22. The minimum atomic E-state index is -0.366. The Morgan fingerprint density at radius 2 is 1.83 bits per heavy atom. The molecule has 1 fully saturated rings. The van der Waals surface area contributed by atoms with Crippen molar-refractivity contribution in [3.05, 3.63) is 65.7 Å². The monoisotopic (exact) mass is 352 g/mol. The lowest BCUT2D eigenvalue weighted by Crippen LogP contribution is -2.37. The number of nitrogens with one attached hydrogen (secondary N) is 1. The predicted octanol–water partition coefficient (Wildman–Crippen LogP) is 3.53. The van der Waals surface area contributed by atoms with Crippen molar-refractivity contribution in [2.24, 2.45) is 5.92 Å². The van der Waals surface area contributed by atoms with Crippen LogP contribution in [0.2, 0.25) is 0 Å². The summed E-state index contributed by atoms with van der Waals surface area (Å²) in [5.74, 6) is -0.914. The number of benzene rings is 2. The molecule has 0 aliphatic carbocycles. The maximum absolute atomic E-state index is 14.0. The molecule has 1 aliphatic heterocycles. The lowest BCUT2D eigenvalue weighted by atomic mass is 10.1. The van der Waals surface area contributed by atoms with Crippen molar-refractivity contribution in [2.75, 3.05) is 18.0 Å². The number of rotatable bonds is 4. The zero-order chi connectivity index (χ0) is 16.2. The van der Waals surface area contributed by atoms with Crippen LogP contribution in [0.1, 0.15) is 12.0 Å². The molecule has 1 unspecified atom stereocenters. The van der Waals surface area contributed by atoms with Gasteiger partial charge in [0.2, 0.25) is 5.91 Å². The quantitative estimate of drug-likeness (QED) is 0.913. The molecule has 6 heteroatoms. The normalized spacial score (nSPS) is 16.5. The van der Waals surface area contributed by atoms with Crippen LogP contribution in [0.4, 0.5) is 14.5 Å². The second-order valence-electron chi connectivity index (χ2n) is 5.68. The molecule has 1 N–H and O–H groups in total. The van der Waals surface area contributed by atoms with Gasteiger partial charge in [0.15, 0.2) is 0 Å². The lowest BCUT2D eigenvalue weighted by molar-refractivity contribution is -0.122. The molecule has 1 heterocycles. The minimum Gasteiger partial charge on any atom is -0.316 e. The maximum atomic E-state index is 14.0. The van der Waals surface area contributed by atoms with Gasteiger partial charge in [0.05, 0.1) is 12.5 Å². The molecular formula is C18H19ClF2N2O. The van der Waals surface area contributed by atoms with Crippen LogP contribution in [-0.4, -0.2) is 19.0 Å². The van der Waals surface area contributed by atoms with Crippen molar-refractivity contribution < 1.29 is 13.6 Å². The van der Waals surface area contributed by atoms with Gasteiger partial charge >= 0.3 is 0 Å². The summed E-state index contributed by atoms with van der Waals surface area (Å²) in [4.78, 5) is 14.4. The van der Waals surface area contributed by atoms with Crippen LogP contribution >= 0.6 is 12.4 Å². The smallest absolute Gasteiger partial charge is 0.231 e. The fourth-order valence-electron chi connectivity index (χ4n) is 2.80. The van der Waals surface area contributed by atoms with Gasteiger partial charge in [0.1, 0.15) is 11.6 Å². The molecule has 1 saturated heterocycles. The van der Waals surface area contributed by atoms with E-state index in [1.54, 1.807) is 30.3 Å². The molecule has 128 valence electrons. The molecular weight excluding hydrogens is 334 g/mol. The molecule has 2 aromatic rings. The Kier molecular flexibility index (Phi) is 6.29. The number of anilines is 1. The van der Waals surface area contributed by atoms with Gasteiger partial charge in [0, 0.05) is 17.8 Å². The SMILES string of the molecule is Cl.O=C(C1CCNC1)N(Cc1ccccc1F)c1ccc(F)cc1. The highest BCUT2D eigenvalue weighted by Crippen LogP contribution is 2.23. The van der Waals surface area contributed by atoms with E-state index in [4.69, 9.17) is 0 Å². The van der Waals surface area contributed by atoms with Crippen LogP contribution in [0.25, 0.3) is 0 Å². The molecule has 3 nitrogen and oxygen atoms in total.